The lowest BCUT2D eigenvalue weighted by Crippen LogP contribution is -2.43. The zero-order valence-corrected chi connectivity index (χ0v) is 23.0. The number of hydrogen-bond donors (Lipinski definition) is 1. The van der Waals surface area contributed by atoms with Gasteiger partial charge in [-0.1, -0.05) is 103 Å². The Morgan fingerprint density at radius 2 is 1.34 bits per heavy atom. The van der Waals surface area contributed by atoms with Crippen molar-refractivity contribution in [3.63, 3.8) is 0 Å². The third-order valence-electron chi connectivity index (χ3n) is 8.28. The number of nitrogens with zero attached hydrogens (tertiary/aromatic N) is 3. The summed E-state index contributed by atoms with van der Waals surface area (Å²) in [6.45, 7) is 1.73. The zero-order chi connectivity index (χ0) is 28.2. The number of guanidine groups is 1. The van der Waals surface area contributed by atoms with Crippen LogP contribution in [0.1, 0.15) is 45.5 Å². The standard InChI is InChI=1S/C35H34N4O2/c36-34-37-35(30-15-6-2-7-16-30,31-17-8-3-9-18-31)33(41)39(34)25-28-13-10-14-29(24-28)32(40)38-21-19-27(20-22-38)23-26-11-4-1-5-12-26/h1-18,24,27H,19-23,25H2,(H2,36,37). The fraction of sp³-hybridized carbons (Fsp3) is 0.229. The Balaban J connectivity index is 1.17. The smallest absolute Gasteiger partial charge is 0.266 e. The van der Waals surface area contributed by atoms with E-state index in [0.29, 0.717) is 11.5 Å². The van der Waals surface area contributed by atoms with E-state index in [4.69, 9.17) is 10.7 Å². The molecule has 206 valence electrons. The Morgan fingerprint density at radius 1 is 0.780 bits per heavy atom. The first-order chi connectivity index (χ1) is 20.0. The van der Waals surface area contributed by atoms with Gasteiger partial charge in [-0.2, -0.15) is 0 Å². The first kappa shape index (κ1) is 26.5. The monoisotopic (exact) mass is 542 g/mol. The van der Waals surface area contributed by atoms with E-state index in [0.717, 1.165) is 49.0 Å². The summed E-state index contributed by atoms with van der Waals surface area (Å²) in [4.78, 5) is 35.8. The van der Waals surface area contributed by atoms with E-state index in [1.165, 1.54) is 10.5 Å². The summed E-state index contributed by atoms with van der Waals surface area (Å²) in [5, 5.41) is 0. The van der Waals surface area contributed by atoms with Crippen LogP contribution in [0.15, 0.2) is 120 Å². The number of aliphatic imine (C=N–C) groups is 1. The molecule has 2 amide bonds. The largest absolute Gasteiger partial charge is 0.369 e. The molecule has 0 bridgehead atoms. The predicted octanol–water partition coefficient (Wildman–Crippen LogP) is 5.38. The van der Waals surface area contributed by atoms with Crippen LogP contribution in [0.3, 0.4) is 0 Å². The van der Waals surface area contributed by atoms with Gasteiger partial charge in [0.1, 0.15) is 0 Å². The van der Waals surface area contributed by atoms with Gasteiger partial charge in [-0.05, 0) is 59.6 Å². The molecule has 1 saturated heterocycles. The molecule has 6 heteroatoms. The van der Waals surface area contributed by atoms with Gasteiger partial charge in [0, 0.05) is 18.7 Å². The van der Waals surface area contributed by atoms with E-state index < -0.39 is 5.54 Å². The first-order valence-corrected chi connectivity index (χ1v) is 14.2. The topological polar surface area (TPSA) is 79.0 Å². The number of benzene rings is 4. The second-order valence-electron chi connectivity index (χ2n) is 10.9. The number of carbonyl (C=O) groups is 2. The summed E-state index contributed by atoms with van der Waals surface area (Å²) in [6.07, 6.45) is 3.05. The summed E-state index contributed by atoms with van der Waals surface area (Å²) in [5.41, 5.74) is 9.53. The van der Waals surface area contributed by atoms with Gasteiger partial charge in [-0.3, -0.25) is 14.5 Å². The molecule has 2 aliphatic rings. The summed E-state index contributed by atoms with van der Waals surface area (Å²) in [6, 6.07) is 37.2. The molecular formula is C35H34N4O2. The van der Waals surface area contributed by atoms with Crippen molar-refractivity contribution < 1.29 is 9.59 Å². The van der Waals surface area contributed by atoms with Gasteiger partial charge in [0.2, 0.25) is 0 Å². The van der Waals surface area contributed by atoms with Crippen LogP contribution in [0.2, 0.25) is 0 Å². The van der Waals surface area contributed by atoms with Crippen LogP contribution in [0.4, 0.5) is 0 Å². The molecule has 4 aromatic carbocycles. The molecule has 0 spiro atoms. The average molecular weight is 543 g/mol. The number of piperidine rings is 1. The summed E-state index contributed by atoms with van der Waals surface area (Å²) < 4.78 is 0. The Kier molecular flexibility index (Phi) is 7.38. The van der Waals surface area contributed by atoms with Crippen molar-refractivity contribution in [2.24, 2.45) is 16.6 Å². The van der Waals surface area contributed by atoms with Crippen LogP contribution in [0.25, 0.3) is 0 Å². The second kappa shape index (κ2) is 11.4. The molecule has 2 N–H and O–H groups in total. The SMILES string of the molecule is NC1=NC(c2ccccc2)(c2ccccc2)C(=O)N1Cc1cccc(C(=O)N2CCC(Cc3ccccc3)CC2)c1. The minimum atomic E-state index is -1.25. The van der Waals surface area contributed by atoms with Crippen molar-refractivity contribution in [1.82, 2.24) is 9.80 Å². The molecular weight excluding hydrogens is 508 g/mol. The number of hydrogen-bond acceptors (Lipinski definition) is 4. The van der Waals surface area contributed by atoms with Gasteiger partial charge in [0.05, 0.1) is 6.54 Å². The van der Waals surface area contributed by atoms with Gasteiger partial charge in [-0.25, -0.2) is 4.99 Å². The van der Waals surface area contributed by atoms with Crippen LogP contribution in [0.5, 0.6) is 0 Å². The average Bonchev–Trinajstić information content (AvgIpc) is 3.28. The normalized spacial score (nSPS) is 17.0. The maximum atomic E-state index is 14.1. The molecule has 6 rings (SSSR count). The number of rotatable bonds is 7. The lowest BCUT2D eigenvalue weighted by atomic mass is 9.83. The maximum absolute atomic E-state index is 14.1. The number of amides is 2. The van der Waals surface area contributed by atoms with Gasteiger partial charge in [0.15, 0.2) is 11.5 Å². The molecule has 0 aromatic heterocycles. The minimum Gasteiger partial charge on any atom is -0.369 e. The van der Waals surface area contributed by atoms with Gasteiger partial charge < -0.3 is 10.6 Å². The second-order valence-corrected chi connectivity index (χ2v) is 10.9. The van der Waals surface area contributed by atoms with Crippen molar-refractivity contribution in [2.75, 3.05) is 13.1 Å². The quantitative estimate of drug-likeness (QED) is 0.341. The molecule has 0 aliphatic carbocycles. The zero-order valence-electron chi connectivity index (χ0n) is 23.0. The fourth-order valence-corrected chi connectivity index (χ4v) is 6.09. The Hall–Kier alpha value is -4.71. The number of carbonyl (C=O) groups excluding carboxylic acids is 2. The van der Waals surface area contributed by atoms with Crippen molar-refractivity contribution in [1.29, 1.82) is 0 Å². The highest BCUT2D eigenvalue weighted by molar-refractivity contribution is 6.09. The van der Waals surface area contributed by atoms with Crippen LogP contribution in [0, 0.1) is 5.92 Å². The van der Waals surface area contributed by atoms with Gasteiger partial charge in [0.25, 0.3) is 11.8 Å². The molecule has 4 aromatic rings. The minimum absolute atomic E-state index is 0.0299. The molecule has 2 aliphatic heterocycles. The predicted molar refractivity (Wildman–Crippen MR) is 161 cm³/mol. The van der Waals surface area contributed by atoms with Gasteiger partial charge >= 0.3 is 0 Å². The van der Waals surface area contributed by atoms with E-state index >= 15 is 0 Å². The third kappa shape index (κ3) is 5.25. The molecule has 0 saturated carbocycles. The summed E-state index contributed by atoms with van der Waals surface area (Å²) in [7, 11) is 0. The third-order valence-corrected chi connectivity index (χ3v) is 8.28. The Morgan fingerprint density at radius 3 is 1.95 bits per heavy atom. The van der Waals surface area contributed by atoms with Crippen molar-refractivity contribution in [2.45, 2.75) is 31.3 Å². The number of nitrogens with two attached hydrogens (primary N) is 1. The lowest BCUT2D eigenvalue weighted by molar-refractivity contribution is -0.130. The summed E-state index contributed by atoms with van der Waals surface area (Å²) >= 11 is 0. The molecule has 41 heavy (non-hydrogen) atoms. The van der Waals surface area contributed by atoms with E-state index in [1.807, 2.05) is 95.9 Å². The van der Waals surface area contributed by atoms with Crippen LogP contribution < -0.4 is 5.73 Å². The fourth-order valence-electron chi connectivity index (χ4n) is 6.09. The molecule has 2 heterocycles. The van der Waals surface area contributed by atoms with Crippen molar-refractivity contribution in [3.8, 4) is 0 Å². The highest BCUT2D eigenvalue weighted by Gasteiger charge is 2.50. The molecule has 0 unspecified atom stereocenters. The van der Waals surface area contributed by atoms with Crippen LogP contribution in [-0.4, -0.2) is 40.7 Å². The lowest BCUT2D eigenvalue weighted by Gasteiger charge is -2.32. The van der Waals surface area contributed by atoms with Crippen molar-refractivity contribution in [3.05, 3.63) is 143 Å². The van der Waals surface area contributed by atoms with Crippen LogP contribution >= 0.6 is 0 Å². The maximum Gasteiger partial charge on any atom is 0.266 e. The van der Waals surface area contributed by atoms with E-state index in [2.05, 4.69) is 24.3 Å². The van der Waals surface area contributed by atoms with Crippen LogP contribution in [-0.2, 0) is 23.3 Å². The molecule has 0 radical (unpaired) electrons. The summed E-state index contributed by atoms with van der Waals surface area (Å²) in [5.74, 6) is 0.581. The van der Waals surface area contributed by atoms with Gasteiger partial charge in [-0.15, -0.1) is 0 Å². The Bertz CT molecular complexity index is 1510. The molecule has 0 atom stereocenters. The highest BCUT2D eigenvalue weighted by Crippen LogP contribution is 2.40. The first-order valence-electron chi connectivity index (χ1n) is 14.2. The molecule has 1 fully saturated rings. The van der Waals surface area contributed by atoms with E-state index in [9.17, 15) is 9.59 Å². The van der Waals surface area contributed by atoms with Crippen molar-refractivity contribution >= 4 is 17.8 Å². The van der Waals surface area contributed by atoms with E-state index in [-0.39, 0.29) is 24.3 Å². The Labute approximate surface area is 241 Å². The van der Waals surface area contributed by atoms with E-state index in [1.54, 1.807) is 0 Å². The highest BCUT2D eigenvalue weighted by atomic mass is 16.2. The number of likely N-dealkylation sites (tertiary alicyclic amines) is 1. The molecule has 6 nitrogen and oxygen atoms in total.